The zero-order valence-electron chi connectivity index (χ0n) is 16.5. The number of methoxy groups -OCH3 is 1. The van der Waals surface area contributed by atoms with E-state index in [2.05, 4.69) is 24.8 Å². The first-order chi connectivity index (χ1) is 11.1. The van der Waals surface area contributed by atoms with Gasteiger partial charge in [0.1, 0.15) is 6.29 Å². The Kier molecular flexibility index (Phi) is 430. The van der Waals surface area contributed by atoms with Crippen molar-refractivity contribution in [1.29, 1.82) is 0 Å². The number of unbranched alkanes of at least 4 members (excludes halogenated alkanes) is 2. The van der Waals surface area contributed by atoms with Crippen LogP contribution >= 0.6 is 0 Å². The number of carbonyl (C=O) groups is 1. The molecular formula is C24H62O4. The Labute approximate surface area is 182 Å². The van der Waals surface area contributed by atoms with Gasteiger partial charge in [0.2, 0.25) is 0 Å². The molecule has 0 spiro atoms. The molecule has 0 radical (unpaired) electrons. The minimum absolute atomic E-state index is 0. The number of aldehydes is 1. The van der Waals surface area contributed by atoms with Gasteiger partial charge in [0.05, 0.1) is 13.4 Å². The van der Waals surface area contributed by atoms with Crippen LogP contribution in [0.5, 0.6) is 0 Å². The summed E-state index contributed by atoms with van der Waals surface area (Å²) in [5.74, 6) is 0. The van der Waals surface area contributed by atoms with Gasteiger partial charge >= 0.3 is 0 Å². The maximum atomic E-state index is 9.40. The molecule has 0 unspecified atom stereocenters. The molecule has 4 heteroatoms. The first-order valence-electron chi connectivity index (χ1n) is 7.85. The molecule has 0 atom stereocenters. The lowest BCUT2D eigenvalue weighted by Gasteiger charge is -1.79. The number of carbonyl (C=O) groups excluding carboxylic acids is 1. The zero-order valence-corrected chi connectivity index (χ0v) is 16.5. The van der Waals surface area contributed by atoms with Crippen LogP contribution in [0.2, 0.25) is 0 Å². The van der Waals surface area contributed by atoms with Crippen molar-refractivity contribution < 1.29 is 19.7 Å². The molecule has 0 fully saturated rings. The monoisotopic (exact) mass is 414 g/mol. The van der Waals surface area contributed by atoms with Crippen molar-refractivity contribution in [3.05, 3.63) is 37.6 Å². The molecule has 2 N–H and O–H groups in total. The fourth-order valence-electron chi connectivity index (χ4n) is 0.412. The van der Waals surface area contributed by atoms with E-state index in [4.69, 9.17) is 10.2 Å². The van der Waals surface area contributed by atoms with Gasteiger partial charge in [-0.05, 0) is 33.6 Å². The van der Waals surface area contributed by atoms with E-state index in [1.165, 1.54) is 0 Å². The molecule has 0 saturated heterocycles. The van der Waals surface area contributed by atoms with Crippen LogP contribution in [-0.2, 0) is 9.53 Å². The summed E-state index contributed by atoms with van der Waals surface area (Å²) in [7, 11) is 2.62. The Hall–Kier alpha value is -1.39. The van der Waals surface area contributed by atoms with Gasteiger partial charge in [0, 0.05) is 20.1 Å². The van der Waals surface area contributed by atoms with Gasteiger partial charge in [-0.3, -0.25) is 0 Å². The van der Waals surface area contributed by atoms with E-state index in [1.807, 2.05) is 33.8 Å². The molecule has 0 aromatic rings. The fraction of sp³-hybridized carbons (Fsp3) is 0.708. The second-order valence-electron chi connectivity index (χ2n) is 3.55. The van der Waals surface area contributed by atoms with Crippen molar-refractivity contribution in [3.63, 3.8) is 0 Å². The second kappa shape index (κ2) is 168. The van der Waals surface area contributed by atoms with Gasteiger partial charge < -0.3 is 19.7 Å². The zero-order chi connectivity index (χ0) is 19.8. The van der Waals surface area contributed by atoms with Gasteiger partial charge in [-0.25, -0.2) is 0 Å². The number of ether oxygens (including phenoxy) is 1. The molecule has 0 rings (SSSR count). The van der Waals surface area contributed by atoms with Crippen LogP contribution in [-0.4, -0.2) is 37.3 Å². The van der Waals surface area contributed by atoms with E-state index >= 15 is 0 Å². The molecule has 0 aromatic carbocycles. The average Bonchev–Trinajstić information content (AvgIpc) is 2.54. The Balaban J connectivity index is -0.0000000136. The van der Waals surface area contributed by atoms with Crippen molar-refractivity contribution >= 4 is 6.29 Å². The quantitative estimate of drug-likeness (QED) is 0.271. The van der Waals surface area contributed by atoms with Crippen molar-refractivity contribution in [3.8, 4) is 0 Å². The second-order valence-corrected chi connectivity index (χ2v) is 3.55. The van der Waals surface area contributed by atoms with Gasteiger partial charge in [0.25, 0.3) is 0 Å². The molecule has 28 heavy (non-hydrogen) atoms. The summed E-state index contributed by atoms with van der Waals surface area (Å²) < 4.78 is 4.51. The summed E-state index contributed by atoms with van der Waals surface area (Å²) in [5.41, 5.74) is 0. The number of aliphatic hydroxyl groups excluding tert-OH is 2. The summed E-state index contributed by atoms with van der Waals surface area (Å²) in [4.78, 5) is 9.40. The maximum absolute atomic E-state index is 9.40. The fourth-order valence-corrected chi connectivity index (χ4v) is 0.412. The Morgan fingerprint density at radius 2 is 1.18 bits per heavy atom. The van der Waals surface area contributed by atoms with E-state index in [9.17, 15) is 4.79 Å². The minimum atomic E-state index is 0. The normalized spacial score (nSPS) is 5.61. The van der Waals surface area contributed by atoms with Crippen molar-refractivity contribution in [2.24, 2.45) is 0 Å². The summed E-state index contributed by atoms with van der Waals surface area (Å²) in [6, 6.07) is 0. The number of allylic oxidation sites excluding steroid dienone is 3. The molecule has 0 amide bonds. The third-order valence-corrected chi connectivity index (χ3v) is 1.19. The summed E-state index contributed by atoms with van der Waals surface area (Å²) in [6.07, 6.45) is 11.6. The van der Waals surface area contributed by atoms with E-state index < -0.39 is 0 Å². The number of aliphatic hydroxyl groups is 2. The van der Waals surface area contributed by atoms with Crippen LogP contribution in [0.3, 0.4) is 0 Å². The molecule has 0 saturated carbocycles. The minimum Gasteiger partial charge on any atom is -0.505 e. The van der Waals surface area contributed by atoms with E-state index in [1.54, 1.807) is 25.5 Å². The Morgan fingerprint density at radius 1 is 0.857 bits per heavy atom. The third-order valence-electron chi connectivity index (χ3n) is 1.19. The van der Waals surface area contributed by atoms with E-state index in [0.717, 1.165) is 32.7 Å². The smallest absolute Gasteiger partial charge is 0.119 e. The van der Waals surface area contributed by atoms with E-state index in [-0.39, 0.29) is 37.1 Å². The molecule has 0 bridgehead atoms. The van der Waals surface area contributed by atoms with Crippen LogP contribution in [0.15, 0.2) is 37.6 Å². The number of rotatable bonds is 5. The lowest BCUT2D eigenvalue weighted by Crippen LogP contribution is -1.75. The lowest BCUT2D eigenvalue weighted by atomic mass is 10.4. The number of hydrogen-bond donors (Lipinski definition) is 2. The molecule has 0 aliphatic carbocycles. The average molecular weight is 415 g/mol. The standard InChI is InChI=1S/C4H8O.C4H10O.C4H8O.2C3H6.CH4O.5CH4/c1-3-4-5-2;2*1-2-3-4-5;2*1-3-2;1-2;;;;;/h3-4H,1-2H3;5H,2-4H2,1H3;4H,2-3H2,1H3;2*3H,1H2,2H3;2H,1H3;5*1H4/b4-3-;;;;;;;;;;. The Morgan fingerprint density at radius 3 is 1.18 bits per heavy atom. The molecular weight excluding hydrogens is 352 g/mol. The molecule has 0 aliphatic heterocycles. The van der Waals surface area contributed by atoms with E-state index in [0.29, 0.717) is 13.0 Å². The topological polar surface area (TPSA) is 66.8 Å². The van der Waals surface area contributed by atoms with Gasteiger partial charge in [-0.2, -0.15) is 0 Å². The van der Waals surface area contributed by atoms with Gasteiger partial charge in [-0.15, -0.1) is 13.2 Å². The highest BCUT2D eigenvalue weighted by Crippen LogP contribution is 1.78. The summed E-state index contributed by atoms with van der Waals surface area (Å²) in [5, 5.41) is 15.1. The molecule has 0 aliphatic rings. The number of hydrogen-bond acceptors (Lipinski definition) is 4. The van der Waals surface area contributed by atoms with Gasteiger partial charge in [-0.1, -0.05) is 75.6 Å². The van der Waals surface area contributed by atoms with Crippen molar-refractivity contribution in [2.45, 2.75) is 97.4 Å². The van der Waals surface area contributed by atoms with Crippen LogP contribution in [0.1, 0.15) is 97.4 Å². The first kappa shape index (κ1) is 71.6. The first-order valence-corrected chi connectivity index (χ1v) is 7.85. The molecule has 4 nitrogen and oxygen atoms in total. The highest BCUT2D eigenvalue weighted by Gasteiger charge is 1.69. The molecule has 0 aromatic heterocycles. The largest absolute Gasteiger partial charge is 0.505 e. The predicted molar refractivity (Wildman–Crippen MR) is 138 cm³/mol. The lowest BCUT2D eigenvalue weighted by molar-refractivity contribution is -0.107. The summed E-state index contributed by atoms with van der Waals surface area (Å²) >= 11 is 0. The molecule has 0 heterocycles. The van der Waals surface area contributed by atoms with Crippen LogP contribution in [0, 0.1) is 0 Å². The van der Waals surface area contributed by atoms with Gasteiger partial charge in [0.15, 0.2) is 0 Å². The third kappa shape index (κ3) is 646. The van der Waals surface area contributed by atoms with Crippen LogP contribution < -0.4 is 0 Å². The highest BCUT2D eigenvalue weighted by molar-refractivity contribution is 5.48. The van der Waals surface area contributed by atoms with Crippen molar-refractivity contribution in [1.82, 2.24) is 0 Å². The van der Waals surface area contributed by atoms with Crippen molar-refractivity contribution in [2.75, 3.05) is 20.8 Å². The maximum Gasteiger partial charge on any atom is 0.119 e. The van der Waals surface area contributed by atoms with Crippen LogP contribution in [0.4, 0.5) is 0 Å². The summed E-state index contributed by atoms with van der Waals surface area (Å²) in [6.45, 7) is 16.8. The van der Waals surface area contributed by atoms with Crippen LogP contribution in [0.25, 0.3) is 0 Å². The molecule has 182 valence electrons. The predicted octanol–water partition coefficient (Wildman–Crippen LogP) is 8.10. The SMILES string of the molecule is C.C.C.C.C.C/C=C\OC.C=CC.C=CC.CCCC=O.CCCCO.CO. The Bertz CT molecular complexity index is 171. The highest BCUT2D eigenvalue weighted by atomic mass is 16.5.